The van der Waals surface area contributed by atoms with Crippen molar-refractivity contribution in [3.63, 3.8) is 0 Å². The van der Waals surface area contributed by atoms with Crippen molar-refractivity contribution in [2.45, 2.75) is 31.7 Å². The molecule has 0 saturated heterocycles. The highest BCUT2D eigenvalue weighted by molar-refractivity contribution is 5.95. The Kier molecular flexibility index (Phi) is 3.73. The normalized spacial score (nSPS) is 17.9. The molecular weight excluding hydrogens is 268 g/mol. The number of amides is 1. The van der Waals surface area contributed by atoms with Crippen molar-refractivity contribution in [3.05, 3.63) is 35.7 Å². The van der Waals surface area contributed by atoms with E-state index in [1.54, 1.807) is 18.5 Å². The predicted octanol–water partition coefficient (Wildman–Crippen LogP) is 2.19. The van der Waals surface area contributed by atoms with Crippen LogP contribution in [0.2, 0.25) is 0 Å². The maximum absolute atomic E-state index is 12.6. The van der Waals surface area contributed by atoms with Crippen molar-refractivity contribution >= 4 is 18.0 Å². The molecule has 0 atom stereocenters. The third kappa shape index (κ3) is 3.68. The van der Waals surface area contributed by atoms with E-state index in [4.69, 9.17) is 5.11 Å². The van der Waals surface area contributed by atoms with E-state index in [-0.39, 0.29) is 5.91 Å². The summed E-state index contributed by atoms with van der Waals surface area (Å²) in [5.41, 5.74) is 1.17. The topological polar surface area (TPSA) is 70.5 Å². The van der Waals surface area contributed by atoms with E-state index in [0.717, 1.165) is 25.5 Å². The summed E-state index contributed by atoms with van der Waals surface area (Å²) < 4.78 is 0. The number of aliphatic carboxylic acids is 1. The molecule has 0 radical (unpaired) electrons. The Morgan fingerprint density at radius 1 is 1.29 bits per heavy atom. The Labute approximate surface area is 123 Å². The summed E-state index contributed by atoms with van der Waals surface area (Å²) in [4.78, 5) is 29.2. The van der Waals surface area contributed by atoms with Crippen molar-refractivity contribution < 1.29 is 14.7 Å². The Morgan fingerprint density at radius 3 is 2.67 bits per heavy atom. The highest BCUT2D eigenvalue weighted by Gasteiger charge is 2.36. The first kappa shape index (κ1) is 13.8. The summed E-state index contributed by atoms with van der Waals surface area (Å²) >= 11 is 0. The molecule has 2 aliphatic carbocycles. The van der Waals surface area contributed by atoms with Gasteiger partial charge in [-0.3, -0.25) is 9.78 Å². The molecule has 1 heterocycles. The van der Waals surface area contributed by atoms with Crippen molar-refractivity contribution in [1.29, 1.82) is 0 Å². The van der Waals surface area contributed by atoms with Crippen LogP contribution in [-0.2, 0) is 4.79 Å². The number of carbonyl (C=O) groups is 2. The van der Waals surface area contributed by atoms with Crippen LogP contribution in [0.15, 0.2) is 24.5 Å². The minimum Gasteiger partial charge on any atom is -0.478 e. The lowest BCUT2D eigenvalue weighted by atomic mass is 10.1. The maximum Gasteiger partial charge on any atom is 0.328 e. The molecule has 2 fully saturated rings. The van der Waals surface area contributed by atoms with Gasteiger partial charge in [0, 0.05) is 31.1 Å². The first-order chi connectivity index (χ1) is 10.1. The molecule has 0 aliphatic heterocycles. The summed E-state index contributed by atoms with van der Waals surface area (Å²) in [5, 5.41) is 8.65. The number of carbonyl (C=O) groups excluding carboxylic acids is 1. The highest BCUT2D eigenvalue weighted by Crippen LogP contribution is 2.35. The molecule has 1 N–H and O–H groups in total. The van der Waals surface area contributed by atoms with Crippen LogP contribution in [0.4, 0.5) is 0 Å². The van der Waals surface area contributed by atoms with Gasteiger partial charge in [0.2, 0.25) is 0 Å². The predicted molar refractivity (Wildman–Crippen MR) is 77.7 cm³/mol. The lowest BCUT2D eigenvalue weighted by Gasteiger charge is -2.22. The molecule has 0 aromatic carbocycles. The molecule has 5 heteroatoms. The van der Waals surface area contributed by atoms with Crippen molar-refractivity contribution in [2.75, 3.05) is 6.54 Å². The Bertz CT molecular complexity index is 589. The fraction of sp³-hybridized carbons (Fsp3) is 0.438. The number of hydrogen-bond acceptors (Lipinski definition) is 3. The summed E-state index contributed by atoms with van der Waals surface area (Å²) in [5.74, 6) is -0.333. The fourth-order valence-electron chi connectivity index (χ4n) is 2.36. The van der Waals surface area contributed by atoms with Crippen molar-refractivity contribution in [1.82, 2.24) is 9.88 Å². The molecule has 0 bridgehead atoms. The van der Waals surface area contributed by atoms with E-state index in [1.165, 1.54) is 18.9 Å². The number of aromatic nitrogens is 1. The molecule has 3 rings (SSSR count). The first-order valence-corrected chi connectivity index (χ1v) is 7.30. The second-order valence-corrected chi connectivity index (χ2v) is 5.81. The van der Waals surface area contributed by atoms with Gasteiger partial charge in [-0.1, -0.05) is 0 Å². The number of nitrogens with zero attached hydrogens (tertiary/aromatic N) is 2. The van der Waals surface area contributed by atoms with E-state index < -0.39 is 5.97 Å². The monoisotopic (exact) mass is 286 g/mol. The number of carboxylic acids is 1. The van der Waals surface area contributed by atoms with Crippen LogP contribution in [0.5, 0.6) is 0 Å². The van der Waals surface area contributed by atoms with Crippen LogP contribution in [0, 0.1) is 5.92 Å². The molecule has 21 heavy (non-hydrogen) atoms. The van der Waals surface area contributed by atoms with Gasteiger partial charge < -0.3 is 10.0 Å². The van der Waals surface area contributed by atoms with Gasteiger partial charge in [0.25, 0.3) is 5.91 Å². The highest BCUT2D eigenvalue weighted by atomic mass is 16.4. The zero-order chi connectivity index (χ0) is 14.8. The SMILES string of the molecule is O=C(O)C=Cc1cncc(C(=O)N(CC2CC2)C2CC2)c1. The smallest absolute Gasteiger partial charge is 0.328 e. The summed E-state index contributed by atoms with van der Waals surface area (Å²) in [6, 6.07) is 2.09. The Balaban J connectivity index is 1.76. The standard InChI is InChI=1S/C16H18N2O3/c19-15(20)6-3-12-7-13(9-17-8-12)16(21)18(14-4-5-14)10-11-1-2-11/h3,6-9,11,14H,1-2,4-5,10H2,(H,19,20). The van der Waals surface area contributed by atoms with Gasteiger partial charge in [0.15, 0.2) is 0 Å². The summed E-state index contributed by atoms with van der Waals surface area (Å²) in [6.07, 6.45) is 10.2. The molecule has 0 spiro atoms. The fourth-order valence-corrected chi connectivity index (χ4v) is 2.36. The summed E-state index contributed by atoms with van der Waals surface area (Å²) in [6.45, 7) is 0.846. The lowest BCUT2D eigenvalue weighted by molar-refractivity contribution is -0.131. The second-order valence-electron chi connectivity index (χ2n) is 5.81. The van der Waals surface area contributed by atoms with Crippen molar-refractivity contribution in [2.24, 2.45) is 5.92 Å². The van der Waals surface area contributed by atoms with Crippen LogP contribution >= 0.6 is 0 Å². The van der Waals surface area contributed by atoms with E-state index in [0.29, 0.717) is 23.1 Å². The first-order valence-electron chi connectivity index (χ1n) is 7.30. The zero-order valence-electron chi connectivity index (χ0n) is 11.7. The van der Waals surface area contributed by atoms with Gasteiger partial charge >= 0.3 is 5.97 Å². The third-order valence-electron chi connectivity index (χ3n) is 3.83. The van der Waals surface area contributed by atoms with Crippen LogP contribution < -0.4 is 0 Å². The van der Waals surface area contributed by atoms with E-state index >= 15 is 0 Å². The minimum absolute atomic E-state index is 0.0162. The largest absolute Gasteiger partial charge is 0.478 e. The molecule has 0 unspecified atom stereocenters. The number of rotatable bonds is 6. The van der Waals surface area contributed by atoms with Gasteiger partial charge in [-0.25, -0.2) is 4.79 Å². The zero-order valence-corrected chi connectivity index (χ0v) is 11.7. The lowest BCUT2D eigenvalue weighted by Crippen LogP contribution is -2.35. The molecule has 5 nitrogen and oxygen atoms in total. The molecule has 110 valence electrons. The minimum atomic E-state index is -1.01. The van der Waals surface area contributed by atoms with E-state index in [1.807, 2.05) is 4.90 Å². The molecule has 1 amide bonds. The van der Waals surface area contributed by atoms with Crippen LogP contribution in [0.1, 0.15) is 41.6 Å². The summed E-state index contributed by atoms with van der Waals surface area (Å²) in [7, 11) is 0. The van der Waals surface area contributed by atoms with Crippen LogP contribution in [0.3, 0.4) is 0 Å². The van der Waals surface area contributed by atoms with Crippen LogP contribution in [0.25, 0.3) is 6.08 Å². The third-order valence-corrected chi connectivity index (χ3v) is 3.83. The van der Waals surface area contributed by atoms with Gasteiger partial charge in [-0.15, -0.1) is 0 Å². The number of hydrogen-bond donors (Lipinski definition) is 1. The Morgan fingerprint density at radius 2 is 2.05 bits per heavy atom. The average Bonchev–Trinajstić information content (AvgIpc) is 3.35. The maximum atomic E-state index is 12.6. The van der Waals surface area contributed by atoms with Gasteiger partial charge in [-0.2, -0.15) is 0 Å². The molecule has 1 aromatic heterocycles. The van der Waals surface area contributed by atoms with E-state index in [2.05, 4.69) is 4.98 Å². The van der Waals surface area contributed by atoms with Gasteiger partial charge in [0.1, 0.15) is 0 Å². The molecular formula is C16H18N2O3. The van der Waals surface area contributed by atoms with Crippen molar-refractivity contribution in [3.8, 4) is 0 Å². The van der Waals surface area contributed by atoms with Gasteiger partial charge in [-0.05, 0) is 49.3 Å². The van der Waals surface area contributed by atoms with Crippen LogP contribution in [-0.4, -0.2) is 39.5 Å². The Hall–Kier alpha value is -2.17. The quantitative estimate of drug-likeness (QED) is 0.814. The van der Waals surface area contributed by atoms with Gasteiger partial charge in [0.05, 0.1) is 5.56 Å². The molecule has 2 saturated carbocycles. The molecule has 1 aromatic rings. The second kappa shape index (κ2) is 5.68. The molecule has 2 aliphatic rings. The average molecular weight is 286 g/mol. The number of carboxylic acid groups (broad SMARTS) is 1. The van der Waals surface area contributed by atoms with E-state index in [9.17, 15) is 9.59 Å². The number of pyridine rings is 1.